The van der Waals surface area contributed by atoms with Crippen molar-refractivity contribution in [2.75, 3.05) is 13.2 Å². The van der Waals surface area contributed by atoms with Crippen LogP contribution in [-0.4, -0.2) is 19.1 Å². The van der Waals surface area contributed by atoms with Gasteiger partial charge in [0.1, 0.15) is 5.75 Å². The topological polar surface area (TPSA) is 38.3 Å². The first-order chi connectivity index (χ1) is 10.3. The Morgan fingerprint density at radius 2 is 2.10 bits per heavy atom. The van der Waals surface area contributed by atoms with Crippen LogP contribution in [0.15, 0.2) is 47.9 Å². The molecule has 2 aromatic rings. The van der Waals surface area contributed by atoms with Gasteiger partial charge in [0.2, 0.25) is 5.91 Å². The molecule has 1 heterocycles. The van der Waals surface area contributed by atoms with Crippen molar-refractivity contribution in [1.29, 1.82) is 0 Å². The maximum atomic E-state index is 11.7. The fourth-order valence-electron chi connectivity index (χ4n) is 1.84. The van der Waals surface area contributed by atoms with Crippen LogP contribution in [0, 0.1) is 0 Å². The Bertz CT molecular complexity index is 573. The zero-order chi connectivity index (χ0) is 14.9. The SMILES string of the molecule is CCOc1ccc(C=CC(=O)NCCc2cccs2)cc1. The minimum absolute atomic E-state index is 0.0690. The molecule has 1 N–H and O–H groups in total. The van der Waals surface area contributed by atoms with E-state index in [1.807, 2.05) is 42.6 Å². The van der Waals surface area contributed by atoms with Crippen LogP contribution in [0.4, 0.5) is 0 Å². The quantitative estimate of drug-likeness (QED) is 0.795. The second kappa shape index (κ2) is 8.27. The third-order valence-electron chi connectivity index (χ3n) is 2.87. The molecule has 0 atom stereocenters. The van der Waals surface area contributed by atoms with Crippen LogP contribution in [0.2, 0.25) is 0 Å². The number of rotatable bonds is 7. The maximum absolute atomic E-state index is 11.7. The number of thiophene rings is 1. The highest BCUT2D eigenvalue weighted by Gasteiger charge is 1.97. The van der Waals surface area contributed by atoms with Crippen LogP contribution in [0.5, 0.6) is 5.75 Å². The molecule has 21 heavy (non-hydrogen) atoms. The van der Waals surface area contributed by atoms with Gasteiger partial charge in [-0.1, -0.05) is 18.2 Å². The van der Waals surface area contributed by atoms with E-state index < -0.39 is 0 Å². The van der Waals surface area contributed by atoms with Gasteiger partial charge in [-0.05, 0) is 48.6 Å². The van der Waals surface area contributed by atoms with Crippen molar-refractivity contribution in [2.24, 2.45) is 0 Å². The molecule has 2 rings (SSSR count). The van der Waals surface area contributed by atoms with Gasteiger partial charge < -0.3 is 10.1 Å². The Morgan fingerprint density at radius 3 is 2.76 bits per heavy atom. The minimum Gasteiger partial charge on any atom is -0.494 e. The molecule has 0 unspecified atom stereocenters. The maximum Gasteiger partial charge on any atom is 0.244 e. The van der Waals surface area contributed by atoms with Crippen molar-refractivity contribution in [1.82, 2.24) is 5.32 Å². The summed E-state index contributed by atoms with van der Waals surface area (Å²) in [5, 5.41) is 4.92. The van der Waals surface area contributed by atoms with Crippen LogP contribution in [0.3, 0.4) is 0 Å². The van der Waals surface area contributed by atoms with E-state index in [-0.39, 0.29) is 5.91 Å². The number of nitrogens with one attached hydrogen (secondary N) is 1. The number of hydrogen-bond donors (Lipinski definition) is 1. The number of benzene rings is 1. The number of ether oxygens (including phenoxy) is 1. The summed E-state index contributed by atoms with van der Waals surface area (Å²) in [5.41, 5.74) is 0.979. The van der Waals surface area contributed by atoms with Gasteiger partial charge in [0.05, 0.1) is 6.61 Å². The zero-order valence-electron chi connectivity index (χ0n) is 12.0. The van der Waals surface area contributed by atoms with Crippen molar-refractivity contribution in [3.8, 4) is 5.75 Å². The first kappa shape index (κ1) is 15.3. The summed E-state index contributed by atoms with van der Waals surface area (Å²) in [6.07, 6.45) is 4.24. The summed E-state index contributed by atoms with van der Waals surface area (Å²) in [6, 6.07) is 11.8. The summed E-state index contributed by atoms with van der Waals surface area (Å²) in [5.74, 6) is 0.774. The average molecular weight is 301 g/mol. The van der Waals surface area contributed by atoms with Gasteiger partial charge in [-0.25, -0.2) is 0 Å². The number of amides is 1. The molecule has 3 nitrogen and oxygen atoms in total. The highest BCUT2D eigenvalue weighted by Crippen LogP contribution is 2.13. The zero-order valence-corrected chi connectivity index (χ0v) is 12.9. The average Bonchev–Trinajstić information content (AvgIpc) is 3.00. The monoisotopic (exact) mass is 301 g/mol. The molecule has 4 heteroatoms. The number of carbonyl (C=O) groups is 1. The Kier molecular flexibility index (Phi) is 6.03. The van der Waals surface area contributed by atoms with Crippen LogP contribution in [0.1, 0.15) is 17.4 Å². The van der Waals surface area contributed by atoms with Crippen molar-refractivity contribution < 1.29 is 9.53 Å². The molecule has 1 aromatic carbocycles. The Hall–Kier alpha value is -2.07. The number of hydrogen-bond acceptors (Lipinski definition) is 3. The highest BCUT2D eigenvalue weighted by atomic mass is 32.1. The van der Waals surface area contributed by atoms with Crippen LogP contribution in [-0.2, 0) is 11.2 Å². The van der Waals surface area contributed by atoms with Gasteiger partial charge in [0.25, 0.3) is 0 Å². The lowest BCUT2D eigenvalue weighted by molar-refractivity contribution is -0.116. The molecule has 0 aliphatic rings. The summed E-state index contributed by atoms with van der Waals surface area (Å²) in [6.45, 7) is 3.27. The van der Waals surface area contributed by atoms with Crippen LogP contribution < -0.4 is 10.1 Å². The van der Waals surface area contributed by atoms with Gasteiger partial charge >= 0.3 is 0 Å². The first-order valence-corrected chi connectivity index (χ1v) is 7.87. The van der Waals surface area contributed by atoms with Crippen LogP contribution >= 0.6 is 11.3 Å². The minimum atomic E-state index is -0.0690. The van der Waals surface area contributed by atoms with Gasteiger partial charge in [-0.3, -0.25) is 4.79 Å². The van der Waals surface area contributed by atoms with Crippen molar-refractivity contribution in [2.45, 2.75) is 13.3 Å². The molecule has 110 valence electrons. The number of carbonyl (C=O) groups excluding carboxylic acids is 1. The first-order valence-electron chi connectivity index (χ1n) is 6.99. The van der Waals surface area contributed by atoms with Crippen molar-refractivity contribution in [3.63, 3.8) is 0 Å². The fraction of sp³-hybridized carbons (Fsp3) is 0.235. The molecule has 0 radical (unpaired) electrons. The molecular formula is C17H19NO2S. The van der Waals surface area contributed by atoms with Crippen molar-refractivity contribution in [3.05, 3.63) is 58.3 Å². The molecule has 1 amide bonds. The molecule has 0 fully saturated rings. The lowest BCUT2D eigenvalue weighted by Crippen LogP contribution is -2.23. The van der Waals surface area contributed by atoms with E-state index in [1.54, 1.807) is 23.5 Å². The third kappa shape index (κ3) is 5.44. The molecular weight excluding hydrogens is 282 g/mol. The largest absolute Gasteiger partial charge is 0.494 e. The predicted molar refractivity (Wildman–Crippen MR) is 87.7 cm³/mol. The normalized spacial score (nSPS) is 10.7. The molecule has 0 saturated carbocycles. The van der Waals surface area contributed by atoms with E-state index >= 15 is 0 Å². The van der Waals surface area contributed by atoms with E-state index in [0.29, 0.717) is 13.2 Å². The second-order valence-corrected chi connectivity index (χ2v) is 5.49. The van der Waals surface area contributed by atoms with E-state index in [1.165, 1.54) is 4.88 Å². The Morgan fingerprint density at radius 1 is 1.29 bits per heavy atom. The molecule has 0 aliphatic carbocycles. The molecule has 0 spiro atoms. The third-order valence-corrected chi connectivity index (χ3v) is 3.81. The molecule has 1 aromatic heterocycles. The predicted octanol–water partition coefficient (Wildman–Crippen LogP) is 3.52. The van der Waals surface area contributed by atoms with E-state index in [2.05, 4.69) is 11.4 Å². The van der Waals surface area contributed by atoms with Gasteiger partial charge in [0.15, 0.2) is 0 Å². The lowest BCUT2D eigenvalue weighted by atomic mass is 10.2. The molecule has 0 saturated heterocycles. The highest BCUT2D eigenvalue weighted by molar-refractivity contribution is 7.09. The van der Waals surface area contributed by atoms with Gasteiger partial charge in [-0.15, -0.1) is 11.3 Å². The van der Waals surface area contributed by atoms with Gasteiger partial charge in [-0.2, -0.15) is 0 Å². The standard InChI is InChI=1S/C17H19NO2S/c1-2-20-15-8-5-14(6-9-15)7-10-17(19)18-12-11-16-4-3-13-21-16/h3-10,13H,2,11-12H2,1H3,(H,18,19). The van der Waals surface area contributed by atoms with Crippen molar-refractivity contribution >= 4 is 23.3 Å². The second-order valence-electron chi connectivity index (χ2n) is 4.46. The van der Waals surface area contributed by atoms with Crippen LogP contribution in [0.25, 0.3) is 6.08 Å². The van der Waals surface area contributed by atoms with E-state index in [9.17, 15) is 4.79 Å². The molecule has 0 aliphatic heterocycles. The van der Waals surface area contributed by atoms with Gasteiger partial charge in [0, 0.05) is 17.5 Å². The summed E-state index contributed by atoms with van der Waals surface area (Å²) < 4.78 is 5.37. The summed E-state index contributed by atoms with van der Waals surface area (Å²) in [7, 11) is 0. The smallest absolute Gasteiger partial charge is 0.244 e. The fourth-order valence-corrected chi connectivity index (χ4v) is 2.55. The van der Waals surface area contributed by atoms with E-state index in [0.717, 1.165) is 17.7 Å². The Balaban J connectivity index is 1.75. The Labute approximate surface area is 129 Å². The molecule has 0 bridgehead atoms. The summed E-state index contributed by atoms with van der Waals surface area (Å²) in [4.78, 5) is 13.0. The van der Waals surface area contributed by atoms with E-state index in [4.69, 9.17) is 4.74 Å². The lowest BCUT2D eigenvalue weighted by Gasteiger charge is -2.02. The summed E-state index contributed by atoms with van der Waals surface area (Å²) >= 11 is 1.71.